The van der Waals surface area contributed by atoms with Crippen LogP contribution in [0.5, 0.6) is 5.75 Å². The minimum Gasteiger partial charge on any atom is -0.497 e. The first-order chi connectivity index (χ1) is 9.01. The van der Waals surface area contributed by atoms with Crippen LogP contribution >= 0.6 is 0 Å². The van der Waals surface area contributed by atoms with Gasteiger partial charge in [-0.2, -0.15) is 0 Å². The van der Waals surface area contributed by atoms with Crippen LogP contribution in [0.15, 0.2) is 24.3 Å². The molecular weight excluding hydrogens is 238 g/mol. The molecule has 19 heavy (non-hydrogen) atoms. The monoisotopic (exact) mass is 265 g/mol. The van der Waals surface area contributed by atoms with Gasteiger partial charge < -0.3 is 14.8 Å². The Hall–Kier alpha value is -1.06. The van der Waals surface area contributed by atoms with Crippen LogP contribution in [0, 0.1) is 5.41 Å². The zero-order valence-electron chi connectivity index (χ0n) is 12.7. The molecule has 0 aliphatic rings. The molecule has 3 heteroatoms. The molecule has 1 rings (SSSR count). The van der Waals surface area contributed by atoms with Crippen molar-refractivity contribution in [1.82, 2.24) is 5.32 Å². The molecule has 0 bridgehead atoms. The Kier molecular flexibility index (Phi) is 6.89. The van der Waals surface area contributed by atoms with E-state index >= 15 is 0 Å². The molecule has 0 fully saturated rings. The highest BCUT2D eigenvalue weighted by molar-refractivity contribution is 5.27. The lowest BCUT2D eigenvalue weighted by atomic mass is 9.92. The highest BCUT2D eigenvalue weighted by Gasteiger charge is 2.08. The van der Waals surface area contributed by atoms with Gasteiger partial charge in [-0.25, -0.2) is 0 Å². The lowest BCUT2D eigenvalue weighted by Crippen LogP contribution is -2.24. The summed E-state index contributed by atoms with van der Waals surface area (Å²) >= 11 is 0. The van der Waals surface area contributed by atoms with Crippen molar-refractivity contribution in [2.24, 2.45) is 5.41 Å². The predicted octanol–water partition coefficient (Wildman–Crippen LogP) is 3.24. The SMILES string of the molecule is COc1cccc(COCCNCCC(C)(C)C)c1. The topological polar surface area (TPSA) is 30.5 Å². The van der Waals surface area contributed by atoms with E-state index < -0.39 is 0 Å². The van der Waals surface area contributed by atoms with Crippen LogP contribution in [0.1, 0.15) is 32.8 Å². The van der Waals surface area contributed by atoms with Crippen LogP contribution in [-0.2, 0) is 11.3 Å². The number of nitrogens with one attached hydrogen (secondary N) is 1. The van der Waals surface area contributed by atoms with Crippen LogP contribution in [0.3, 0.4) is 0 Å². The van der Waals surface area contributed by atoms with E-state index in [1.165, 1.54) is 6.42 Å². The second kappa shape index (κ2) is 8.18. The quantitative estimate of drug-likeness (QED) is 0.732. The van der Waals surface area contributed by atoms with Crippen molar-refractivity contribution < 1.29 is 9.47 Å². The van der Waals surface area contributed by atoms with Gasteiger partial charge in [0.15, 0.2) is 0 Å². The van der Waals surface area contributed by atoms with Crippen LogP contribution in [0.2, 0.25) is 0 Å². The molecular formula is C16H27NO2. The highest BCUT2D eigenvalue weighted by Crippen LogP contribution is 2.16. The fraction of sp³-hybridized carbons (Fsp3) is 0.625. The van der Waals surface area contributed by atoms with E-state index in [0.717, 1.165) is 31.0 Å². The second-order valence-corrected chi connectivity index (χ2v) is 5.96. The van der Waals surface area contributed by atoms with Gasteiger partial charge in [0.25, 0.3) is 0 Å². The molecule has 0 aliphatic heterocycles. The minimum atomic E-state index is 0.397. The van der Waals surface area contributed by atoms with E-state index in [9.17, 15) is 0 Å². The number of rotatable bonds is 8. The number of methoxy groups -OCH3 is 1. The van der Waals surface area contributed by atoms with Gasteiger partial charge in [0, 0.05) is 6.54 Å². The number of hydrogen-bond donors (Lipinski definition) is 1. The molecule has 0 saturated heterocycles. The summed E-state index contributed by atoms with van der Waals surface area (Å²) in [5.41, 5.74) is 1.54. The third kappa shape index (κ3) is 7.85. The van der Waals surface area contributed by atoms with Crippen LogP contribution in [0.4, 0.5) is 0 Å². The summed E-state index contributed by atoms with van der Waals surface area (Å²) in [7, 11) is 1.68. The lowest BCUT2D eigenvalue weighted by Gasteiger charge is -2.18. The average molecular weight is 265 g/mol. The van der Waals surface area contributed by atoms with E-state index in [2.05, 4.69) is 32.2 Å². The molecule has 0 saturated carbocycles. The molecule has 0 radical (unpaired) electrons. The van der Waals surface area contributed by atoms with Gasteiger partial charge in [-0.15, -0.1) is 0 Å². The maximum absolute atomic E-state index is 5.63. The Morgan fingerprint density at radius 3 is 2.63 bits per heavy atom. The van der Waals surface area contributed by atoms with E-state index in [0.29, 0.717) is 12.0 Å². The number of ether oxygens (including phenoxy) is 2. The standard InChI is InChI=1S/C16H27NO2/c1-16(2,3)8-9-17-10-11-19-13-14-6-5-7-15(12-14)18-4/h5-7,12,17H,8-11,13H2,1-4H3. The molecule has 1 N–H and O–H groups in total. The summed E-state index contributed by atoms with van der Waals surface area (Å²) in [4.78, 5) is 0. The normalized spacial score (nSPS) is 11.6. The fourth-order valence-corrected chi connectivity index (χ4v) is 1.68. The van der Waals surface area contributed by atoms with Gasteiger partial charge in [0.05, 0.1) is 20.3 Å². The first kappa shape index (κ1) is 16.0. The first-order valence-corrected chi connectivity index (χ1v) is 6.93. The molecule has 0 aliphatic carbocycles. The summed E-state index contributed by atoms with van der Waals surface area (Å²) in [5, 5.41) is 3.40. The maximum atomic E-state index is 5.63. The minimum absolute atomic E-state index is 0.397. The van der Waals surface area contributed by atoms with E-state index in [4.69, 9.17) is 9.47 Å². The summed E-state index contributed by atoms with van der Waals surface area (Å²) in [5.74, 6) is 0.879. The number of benzene rings is 1. The van der Waals surface area contributed by atoms with Crippen molar-refractivity contribution in [3.05, 3.63) is 29.8 Å². The van der Waals surface area contributed by atoms with Crippen molar-refractivity contribution in [3.8, 4) is 5.75 Å². The van der Waals surface area contributed by atoms with Crippen LogP contribution in [0.25, 0.3) is 0 Å². The predicted molar refractivity (Wildman–Crippen MR) is 79.6 cm³/mol. The third-order valence-electron chi connectivity index (χ3n) is 2.88. The summed E-state index contributed by atoms with van der Waals surface area (Å²) in [6.07, 6.45) is 1.18. The lowest BCUT2D eigenvalue weighted by molar-refractivity contribution is 0.122. The summed E-state index contributed by atoms with van der Waals surface area (Å²) < 4.78 is 10.8. The molecule has 1 aromatic carbocycles. The van der Waals surface area contributed by atoms with Crippen molar-refractivity contribution in [2.45, 2.75) is 33.8 Å². The van der Waals surface area contributed by atoms with E-state index in [1.54, 1.807) is 7.11 Å². The van der Waals surface area contributed by atoms with Crippen LogP contribution in [-0.4, -0.2) is 26.8 Å². The first-order valence-electron chi connectivity index (χ1n) is 6.93. The Bertz CT molecular complexity index is 358. The Labute approximate surface area is 117 Å². The Morgan fingerprint density at radius 1 is 1.16 bits per heavy atom. The largest absolute Gasteiger partial charge is 0.497 e. The van der Waals surface area contributed by atoms with Gasteiger partial charge in [-0.05, 0) is 36.1 Å². The van der Waals surface area contributed by atoms with E-state index in [1.807, 2.05) is 18.2 Å². The van der Waals surface area contributed by atoms with Crippen LogP contribution < -0.4 is 10.1 Å². The van der Waals surface area contributed by atoms with Gasteiger partial charge >= 0.3 is 0 Å². The molecule has 0 unspecified atom stereocenters. The Morgan fingerprint density at radius 2 is 1.95 bits per heavy atom. The molecule has 108 valence electrons. The van der Waals surface area contributed by atoms with Gasteiger partial charge in [-0.1, -0.05) is 32.9 Å². The average Bonchev–Trinajstić information content (AvgIpc) is 2.36. The molecule has 3 nitrogen and oxygen atoms in total. The van der Waals surface area contributed by atoms with Gasteiger partial charge in [-0.3, -0.25) is 0 Å². The van der Waals surface area contributed by atoms with Gasteiger partial charge in [0.1, 0.15) is 5.75 Å². The molecule has 1 aromatic rings. The molecule has 0 amide bonds. The smallest absolute Gasteiger partial charge is 0.119 e. The maximum Gasteiger partial charge on any atom is 0.119 e. The molecule has 0 atom stereocenters. The van der Waals surface area contributed by atoms with E-state index in [-0.39, 0.29) is 0 Å². The fourth-order valence-electron chi connectivity index (χ4n) is 1.68. The summed E-state index contributed by atoms with van der Waals surface area (Å²) in [6.45, 7) is 10.1. The Balaban J connectivity index is 2.07. The second-order valence-electron chi connectivity index (χ2n) is 5.96. The zero-order chi connectivity index (χ0) is 14.1. The molecule has 0 aromatic heterocycles. The zero-order valence-corrected chi connectivity index (χ0v) is 12.7. The molecule has 0 heterocycles. The molecule has 0 spiro atoms. The highest BCUT2D eigenvalue weighted by atomic mass is 16.5. The third-order valence-corrected chi connectivity index (χ3v) is 2.88. The summed E-state index contributed by atoms with van der Waals surface area (Å²) in [6, 6.07) is 7.99. The number of hydrogen-bond acceptors (Lipinski definition) is 3. The van der Waals surface area contributed by atoms with Crippen molar-refractivity contribution in [2.75, 3.05) is 26.8 Å². The van der Waals surface area contributed by atoms with Gasteiger partial charge in [0.2, 0.25) is 0 Å². The van der Waals surface area contributed by atoms with Crippen molar-refractivity contribution in [3.63, 3.8) is 0 Å². The van der Waals surface area contributed by atoms with Crippen molar-refractivity contribution >= 4 is 0 Å². The van der Waals surface area contributed by atoms with Crippen molar-refractivity contribution in [1.29, 1.82) is 0 Å².